The second kappa shape index (κ2) is 9.88. The van der Waals surface area contributed by atoms with Gasteiger partial charge in [-0.1, -0.05) is 0 Å². The van der Waals surface area contributed by atoms with E-state index in [-0.39, 0.29) is 12.1 Å². The Hall–Kier alpha value is -2.88. The smallest absolute Gasteiger partial charge is 0.230 e. The molecule has 36 heavy (non-hydrogen) atoms. The van der Waals surface area contributed by atoms with Gasteiger partial charge in [0.1, 0.15) is 11.9 Å². The molecule has 10 nitrogen and oxygen atoms in total. The second-order valence-corrected chi connectivity index (χ2v) is 11.0. The highest BCUT2D eigenvalue weighted by Gasteiger charge is 2.43. The first-order chi connectivity index (χ1) is 17.5. The Morgan fingerprint density at radius 1 is 1.17 bits per heavy atom. The monoisotopic (exact) mass is 495 g/mol. The van der Waals surface area contributed by atoms with Crippen LogP contribution in [-0.4, -0.2) is 75.5 Å². The number of rotatable bonds is 8. The standard InChI is InChI=1S/C26H37N7O3/c1-16-10-23(31-30-16)27-22-14-24(36-21-8-9-35-15-21)29-26(28-22)32(2)20-12-18-4-3-5-19(13-20)33(18)25(34)11-17-6-7-17/h10,14,17-21H,3-9,11-13,15H2,1-2H3,(H2,27,28,29,30,31)/t18-,19+,20?,21-/m1/s1. The van der Waals surface area contributed by atoms with Crippen molar-refractivity contribution in [2.75, 3.05) is 30.5 Å². The Morgan fingerprint density at radius 2 is 1.97 bits per heavy atom. The van der Waals surface area contributed by atoms with Crippen molar-refractivity contribution >= 4 is 23.5 Å². The van der Waals surface area contributed by atoms with Gasteiger partial charge in [0.2, 0.25) is 17.7 Å². The molecule has 2 aromatic rings. The summed E-state index contributed by atoms with van der Waals surface area (Å²) in [6.07, 6.45) is 9.33. The zero-order valence-electron chi connectivity index (χ0n) is 21.3. The quantitative estimate of drug-likeness (QED) is 0.572. The summed E-state index contributed by atoms with van der Waals surface area (Å²) in [5, 5.41) is 10.5. The third kappa shape index (κ3) is 5.14. The van der Waals surface area contributed by atoms with E-state index >= 15 is 0 Å². The number of nitrogens with one attached hydrogen (secondary N) is 2. The third-order valence-electron chi connectivity index (χ3n) is 8.09. The fourth-order valence-electron chi connectivity index (χ4n) is 6.00. The zero-order chi connectivity index (χ0) is 24.6. The number of hydrogen-bond acceptors (Lipinski definition) is 8. The molecule has 4 aliphatic rings. The Labute approximate surface area is 212 Å². The maximum atomic E-state index is 13.1. The van der Waals surface area contributed by atoms with E-state index in [1.54, 1.807) is 0 Å². The lowest BCUT2D eigenvalue weighted by Crippen LogP contribution is -2.58. The van der Waals surface area contributed by atoms with Gasteiger partial charge in [-0.05, 0) is 57.8 Å². The van der Waals surface area contributed by atoms with Crippen molar-refractivity contribution in [1.82, 2.24) is 25.1 Å². The lowest BCUT2D eigenvalue weighted by atomic mass is 9.81. The number of piperidine rings is 2. The van der Waals surface area contributed by atoms with Crippen LogP contribution in [0.25, 0.3) is 0 Å². The highest BCUT2D eigenvalue weighted by Crippen LogP contribution is 2.40. The average molecular weight is 496 g/mol. The first kappa shape index (κ1) is 23.5. The molecule has 6 rings (SSSR count). The molecule has 3 aliphatic heterocycles. The van der Waals surface area contributed by atoms with Crippen LogP contribution in [0.15, 0.2) is 12.1 Å². The summed E-state index contributed by atoms with van der Waals surface area (Å²) < 4.78 is 11.7. The molecule has 2 bridgehead atoms. The van der Waals surface area contributed by atoms with Gasteiger partial charge in [0.25, 0.3) is 0 Å². The van der Waals surface area contributed by atoms with Gasteiger partial charge in [-0.15, -0.1) is 0 Å². The van der Waals surface area contributed by atoms with E-state index in [1.165, 1.54) is 19.3 Å². The minimum atomic E-state index is -0.00129. The summed E-state index contributed by atoms with van der Waals surface area (Å²) in [6.45, 7) is 3.25. The number of aromatic nitrogens is 4. The second-order valence-electron chi connectivity index (χ2n) is 11.0. The maximum Gasteiger partial charge on any atom is 0.230 e. The van der Waals surface area contributed by atoms with Gasteiger partial charge in [0.05, 0.1) is 13.2 Å². The molecular weight excluding hydrogens is 458 g/mol. The van der Waals surface area contributed by atoms with E-state index in [0.29, 0.717) is 60.6 Å². The molecule has 1 amide bonds. The fourth-order valence-corrected chi connectivity index (χ4v) is 6.00. The summed E-state index contributed by atoms with van der Waals surface area (Å²) >= 11 is 0. The molecule has 0 aromatic carbocycles. The number of aromatic amines is 1. The molecule has 4 atom stereocenters. The van der Waals surface area contributed by atoms with Crippen LogP contribution in [0.1, 0.15) is 63.5 Å². The van der Waals surface area contributed by atoms with Crippen molar-refractivity contribution in [2.24, 2.45) is 5.92 Å². The average Bonchev–Trinajstić information content (AvgIpc) is 3.33. The van der Waals surface area contributed by atoms with Gasteiger partial charge < -0.3 is 24.6 Å². The summed E-state index contributed by atoms with van der Waals surface area (Å²) in [5.74, 6) is 3.51. The maximum absolute atomic E-state index is 13.1. The number of ether oxygens (including phenoxy) is 2. The van der Waals surface area contributed by atoms with Crippen molar-refractivity contribution in [3.8, 4) is 5.88 Å². The zero-order valence-corrected chi connectivity index (χ0v) is 21.3. The van der Waals surface area contributed by atoms with Crippen LogP contribution >= 0.6 is 0 Å². The number of carbonyl (C=O) groups is 1. The van der Waals surface area contributed by atoms with Crippen LogP contribution in [0, 0.1) is 12.8 Å². The first-order valence-corrected chi connectivity index (χ1v) is 13.5. The molecule has 5 heterocycles. The Kier molecular flexibility index (Phi) is 6.45. The molecule has 2 aromatic heterocycles. The summed E-state index contributed by atoms with van der Waals surface area (Å²) in [5.41, 5.74) is 0.970. The Balaban J connectivity index is 1.22. The predicted molar refractivity (Wildman–Crippen MR) is 136 cm³/mol. The van der Waals surface area contributed by atoms with Gasteiger partial charge in [0.15, 0.2) is 5.82 Å². The van der Waals surface area contributed by atoms with Crippen LogP contribution in [0.3, 0.4) is 0 Å². The minimum Gasteiger partial charge on any atom is -0.472 e. The predicted octanol–water partition coefficient (Wildman–Crippen LogP) is 3.57. The highest BCUT2D eigenvalue weighted by molar-refractivity contribution is 5.77. The summed E-state index contributed by atoms with van der Waals surface area (Å²) in [4.78, 5) is 27.2. The summed E-state index contributed by atoms with van der Waals surface area (Å²) in [7, 11) is 2.07. The van der Waals surface area contributed by atoms with E-state index in [0.717, 1.165) is 44.2 Å². The van der Waals surface area contributed by atoms with Gasteiger partial charge in [-0.25, -0.2) is 0 Å². The molecule has 10 heteroatoms. The number of carbonyl (C=O) groups excluding carboxylic acids is 1. The van der Waals surface area contributed by atoms with Crippen molar-refractivity contribution in [3.05, 3.63) is 17.8 Å². The van der Waals surface area contributed by atoms with Gasteiger partial charge in [-0.2, -0.15) is 15.1 Å². The van der Waals surface area contributed by atoms with Gasteiger partial charge in [-0.3, -0.25) is 9.89 Å². The van der Waals surface area contributed by atoms with Crippen LogP contribution in [-0.2, 0) is 9.53 Å². The molecule has 4 fully saturated rings. The van der Waals surface area contributed by atoms with Crippen LogP contribution in [0.4, 0.5) is 17.6 Å². The van der Waals surface area contributed by atoms with Crippen molar-refractivity contribution < 1.29 is 14.3 Å². The Morgan fingerprint density at radius 3 is 2.64 bits per heavy atom. The topological polar surface area (TPSA) is 108 Å². The van der Waals surface area contributed by atoms with Crippen LogP contribution in [0.2, 0.25) is 0 Å². The number of hydrogen-bond donors (Lipinski definition) is 2. The molecule has 1 aliphatic carbocycles. The SMILES string of the molecule is Cc1cc(Nc2cc(O[C@@H]3CCOC3)nc(N(C)C3C[C@H]4CCC[C@@H](C3)N4C(=O)CC3CC3)n2)n[nH]1. The number of nitrogens with zero attached hydrogens (tertiary/aromatic N) is 5. The summed E-state index contributed by atoms with van der Waals surface area (Å²) in [6, 6.07) is 4.67. The molecule has 1 saturated carbocycles. The number of anilines is 3. The van der Waals surface area contributed by atoms with Crippen LogP contribution in [0.5, 0.6) is 5.88 Å². The van der Waals surface area contributed by atoms with E-state index in [9.17, 15) is 4.79 Å². The third-order valence-corrected chi connectivity index (χ3v) is 8.09. The minimum absolute atomic E-state index is 0.00129. The van der Waals surface area contributed by atoms with Gasteiger partial charge in [0, 0.05) is 55.8 Å². The first-order valence-electron chi connectivity index (χ1n) is 13.5. The van der Waals surface area contributed by atoms with Crippen LogP contribution < -0.4 is 15.0 Å². The molecule has 0 spiro atoms. The van der Waals surface area contributed by atoms with Crippen molar-refractivity contribution in [3.63, 3.8) is 0 Å². The largest absolute Gasteiger partial charge is 0.472 e. The number of H-pyrrole nitrogens is 1. The normalized spacial score (nSPS) is 27.7. The molecule has 194 valence electrons. The van der Waals surface area contributed by atoms with Crippen molar-refractivity contribution in [1.29, 1.82) is 0 Å². The molecule has 3 saturated heterocycles. The molecule has 1 unspecified atom stereocenters. The Bertz CT molecular complexity index is 1070. The van der Waals surface area contributed by atoms with Crippen molar-refractivity contribution in [2.45, 2.75) is 88.9 Å². The van der Waals surface area contributed by atoms with E-state index in [2.05, 4.69) is 32.4 Å². The highest BCUT2D eigenvalue weighted by atomic mass is 16.5. The molecular formula is C26H37N7O3. The fraction of sp³-hybridized carbons (Fsp3) is 0.692. The number of amides is 1. The van der Waals surface area contributed by atoms with E-state index in [4.69, 9.17) is 19.4 Å². The van der Waals surface area contributed by atoms with E-state index < -0.39 is 0 Å². The van der Waals surface area contributed by atoms with Gasteiger partial charge >= 0.3 is 0 Å². The molecule has 2 N–H and O–H groups in total. The molecule has 0 radical (unpaired) electrons. The van der Waals surface area contributed by atoms with E-state index in [1.807, 2.05) is 19.1 Å². The lowest BCUT2D eigenvalue weighted by Gasteiger charge is -2.50. The number of fused-ring (bicyclic) bond motifs is 2. The number of aryl methyl sites for hydroxylation is 1. The lowest BCUT2D eigenvalue weighted by molar-refractivity contribution is -0.141.